The molecule has 4 aromatic rings. The number of rotatable bonds is 6. The standard InChI is InChI=1S/C31H28ClN3O/c1-20-13-31(14-20)15-23(16-31)12-29(36)26-9-10-28(32)27-18-34-35(30(26)27)19-21-5-7-24(8-6-21)25-4-2-3-22(11-25)17-33/h2-11,18,20,23H,12-16,19H2,1H3. The molecule has 0 atom stereocenters. The van der Waals surface area contributed by atoms with Crippen LogP contribution >= 0.6 is 11.6 Å². The van der Waals surface area contributed by atoms with Crippen LogP contribution in [0.15, 0.2) is 66.9 Å². The molecule has 1 aromatic heterocycles. The highest BCUT2D eigenvalue weighted by Gasteiger charge is 2.51. The van der Waals surface area contributed by atoms with Crippen molar-refractivity contribution in [3.8, 4) is 17.2 Å². The van der Waals surface area contributed by atoms with Crippen molar-refractivity contribution >= 4 is 28.3 Å². The van der Waals surface area contributed by atoms with Gasteiger partial charge in [-0.25, -0.2) is 0 Å². The molecule has 4 nitrogen and oxygen atoms in total. The fourth-order valence-electron chi connectivity index (χ4n) is 6.69. The van der Waals surface area contributed by atoms with Gasteiger partial charge in [0.15, 0.2) is 5.78 Å². The Morgan fingerprint density at radius 3 is 2.58 bits per heavy atom. The van der Waals surface area contributed by atoms with Gasteiger partial charge in [0.05, 0.1) is 34.9 Å². The lowest BCUT2D eigenvalue weighted by Gasteiger charge is -2.57. The van der Waals surface area contributed by atoms with Crippen LogP contribution in [0, 0.1) is 28.6 Å². The first-order valence-corrected chi connectivity index (χ1v) is 13.1. The van der Waals surface area contributed by atoms with E-state index in [9.17, 15) is 10.1 Å². The van der Waals surface area contributed by atoms with E-state index in [4.69, 9.17) is 11.6 Å². The van der Waals surface area contributed by atoms with Crippen LogP contribution in [0.2, 0.25) is 5.02 Å². The van der Waals surface area contributed by atoms with Crippen molar-refractivity contribution in [1.82, 2.24) is 9.78 Å². The smallest absolute Gasteiger partial charge is 0.165 e. The molecule has 0 unspecified atom stereocenters. The molecule has 2 aliphatic carbocycles. The van der Waals surface area contributed by atoms with Gasteiger partial charge >= 0.3 is 0 Å². The Hall–Kier alpha value is -3.42. The second-order valence-electron chi connectivity index (χ2n) is 11.0. The Morgan fingerprint density at radius 1 is 1.08 bits per heavy atom. The number of halogens is 1. The van der Waals surface area contributed by atoms with Crippen molar-refractivity contribution in [2.75, 3.05) is 0 Å². The van der Waals surface area contributed by atoms with Crippen molar-refractivity contribution < 1.29 is 4.79 Å². The molecule has 2 aliphatic rings. The minimum Gasteiger partial charge on any atom is -0.294 e. The Morgan fingerprint density at radius 2 is 1.86 bits per heavy atom. The van der Waals surface area contributed by atoms with Gasteiger partial charge in [-0.05, 0) is 83.9 Å². The van der Waals surface area contributed by atoms with Gasteiger partial charge in [0.25, 0.3) is 0 Å². The summed E-state index contributed by atoms with van der Waals surface area (Å²) in [5.74, 6) is 1.54. The molecule has 180 valence electrons. The van der Waals surface area contributed by atoms with Crippen LogP contribution in [0.1, 0.15) is 60.5 Å². The Balaban J connectivity index is 1.23. The number of fused-ring (bicyclic) bond motifs is 1. The van der Waals surface area contributed by atoms with Crippen molar-refractivity contribution in [1.29, 1.82) is 5.26 Å². The fraction of sp³-hybridized carbons (Fsp3) is 0.323. The molecule has 3 aromatic carbocycles. The SMILES string of the molecule is CC1CC2(C1)CC(CC(=O)c1ccc(Cl)c3cnn(Cc4ccc(-c5cccc(C#N)c5)cc4)c13)C2. The number of carbonyl (C=O) groups is 1. The summed E-state index contributed by atoms with van der Waals surface area (Å²) in [6.45, 7) is 2.88. The average Bonchev–Trinajstić information content (AvgIpc) is 3.27. The maximum absolute atomic E-state index is 13.4. The number of hydrogen-bond donors (Lipinski definition) is 0. The predicted octanol–water partition coefficient (Wildman–Crippen LogP) is 7.68. The van der Waals surface area contributed by atoms with Crippen LogP contribution in [0.3, 0.4) is 0 Å². The molecule has 1 heterocycles. The van der Waals surface area contributed by atoms with E-state index in [1.54, 1.807) is 6.20 Å². The van der Waals surface area contributed by atoms with Gasteiger partial charge in [0, 0.05) is 17.4 Å². The summed E-state index contributed by atoms with van der Waals surface area (Å²) in [6.07, 6.45) is 7.43. The summed E-state index contributed by atoms with van der Waals surface area (Å²) >= 11 is 6.50. The minimum atomic E-state index is 0.193. The first-order valence-electron chi connectivity index (χ1n) is 12.7. The van der Waals surface area contributed by atoms with Crippen LogP contribution in [0.5, 0.6) is 0 Å². The van der Waals surface area contributed by atoms with E-state index in [-0.39, 0.29) is 5.78 Å². The molecule has 0 bridgehead atoms. The van der Waals surface area contributed by atoms with E-state index in [1.807, 2.05) is 41.1 Å². The van der Waals surface area contributed by atoms with Gasteiger partial charge in [-0.3, -0.25) is 9.48 Å². The highest BCUT2D eigenvalue weighted by molar-refractivity contribution is 6.36. The second kappa shape index (κ2) is 8.91. The molecular formula is C31H28ClN3O. The summed E-state index contributed by atoms with van der Waals surface area (Å²) in [7, 11) is 0. The summed E-state index contributed by atoms with van der Waals surface area (Å²) in [4.78, 5) is 13.4. The molecule has 2 saturated carbocycles. The molecular weight excluding hydrogens is 466 g/mol. The van der Waals surface area contributed by atoms with Gasteiger partial charge in [0.1, 0.15) is 0 Å². The number of nitrogens with zero attached hydrogens (tertiary/aromatic N) is 3. The molecule has 0 saturated heterocycles. The van der Waals surface area contributed by atoms with Crippen molar-refractivity contribution in [3.63, 3.8) is 0 Å². The lowest BCUT2D eigenvalue weighted by molar-refractivity contribution is -0.0611. The summed E-state index contributed by atoms with van der Waals surface area (Å²) in [6, 6.07) is 21.8. The zero-order chi connectivity index (χ0) is 24.9. The normalized spacial score (nSPS) is 22.7. The molecule has 1 spiro atoms. The fourth-order valence-corrected chi connectivity index (χ4v) is 6.89. The summed E-state index contributed by atoms with van der Waals surface area (Å²) in [5, 5.41) is 15.2. The second-order valence-corrected chi connectivity index (χ2v) is 11.4. The largest absolute Gasteiger partial charge is 0.294 e. The number of Topliss-reactive ketones (excluding diaryl/α,β-unsaturated/α-hetero) is 1. The topological polar surface area (TPSA) is 58.7 Å². The van der Waals surface area contributed by atoms with E-state index in [1.165, 1.54) is 25.7 Å². The van der Waals surface area contributed by atoms with E-state index in [0.29, 0.717) is 34.9 Å². The Bertz CT molecular complexity index is 1500. The first-order chi connectivity index (χ1) is 17.4. The summed E-state index contributed by atoms with van der Waals surface area (Å²) < 4.78 is 1.90. The maximum Gasteiger partial charge on any atom is 0.165 e. The van der Waals surface area contributed by atoms with Crippen LogP contribution in [-0.4, -0.2) is 15.6 Å². The summed E-state index contributed by atoms with van der Waals surface area (Å²) in [5.41, 5.74) is 5.89. The Labute approximate surface area is 216 Å². The van der Waals surface area contributed by atoms with Crippen molar-refractivity contribution in [3.05, 3.63) is 88.6 Å². The third-order valence-corrected chi connectivity index (χ3v) is 8.47. The third-order valence-electron chi connectivity index (χ3n) is 8.14. The highest BCUT2D eigenvalue weighted by Crippen LogP contribution is 2.61. The first kappa shape index (κ1) is 23.0. The molecule has 0 N–H and O–H groups in total. The zero-order valence-corrected chi connectivity index (χ0v) is 21.1. The molecule has 2 fully saturated rings. The number of nitriles is 1. The maximum atomic E-state index is 13.4. The van der Waals surface area contributed by atoms with E-state index >= 15 is 0 Å². The van der Waals surface area contributed by atoms with Crippen molar-refractivity contribution in [2.45, 2.75) is 45.6 Å². The van der Waals surface area contributed by atoms with Gasteiger partial charge in [-0.2, -0.15) is 10.4 Å². The van der Waals surface area contributed by atoms with E-state index in [0.717, 1.165) is 39.1 Å². The lowest BCUT2D eigenvalue weighted by atomic mass is 9.48. The number of aromatic nitrogens is 2. The van der Waals surface area contributed by atoms with Crippen LogP contribution in [0.4, 0.5) is 0 Å². The Kier molecular flexibility index (Phi) is 5.69. The molecule has 36 heavy (non-hydrogen) atoms. The number of hydrogen-bond acceptors (Lipinski definition) is 3. The molecule has 5 heteroatoms. The quantitative estimate of drug-likeness (QED) is 0.259. The third kappa shape index (κ3) is 4.12. The number of benzene rings is 3. The van der Waals surface area contributed by atoms with Gasteiger partial charge in [0.2, 0.25) is 0 Å². The van der Waals surface area contributed by atoms with Gasteiger partial charge < -0.3 is 0 Å². The van der Waals surface area contributed by atoms with Crippen molar-refractivity contribution in [2.24, 2.45) is 17.3 Å². The molecule has 0 radical (unpaired) electrons. The lowest BCUT2D eigenvalue weighted by Crippen LogP contribution is -2.47. The van der Waals surface area contributed by atoms with Crippen LogP contribution in [-0.2, 0) is 6.54 Å². The molecule has 6 rings (SSSR count). The van der Waals surface area contributed by atoms with E-state index < -0.39 is 0 Å². The highest BCUT2D eigenvalue weighted by atomic mass is 35.5. The van der Waals surface area contributed by atoms with Gasteiger partial charge in [-0.15, -0.1) is 0 Å². The number of carbonyl (C=O) groups excluding carboxylic acids is 1. The molecule has 0 aliphatic heterocycles. The monoisotopic (exact) mass is 493 g/mol. The molecule has 0 amide bonds. The number of ketones is 1. The van der Waals surface area contributed by atoms with Crippen LogP contribution < -0.4 is 0 Å². The zero-order valence-electron chi connectivity index (χ0n) is 20.4. The minimum absolute atomic E-state index is 0.193. The predicted molar refractivity (Wildman–Crippen MR) is 143 cm³/mol. The van der Waals surface area contributed by atoms with Gasteiger partial charge in [-0.1, -0.05) is 54.9 Å². The van der Waals surface area contributed by atoms with Crippen LogP contribution in [0.25, 0.3) is 22.0 Å². The average molecular weight is 494 g/mol. The van der Waals surface area contributed by atoms with E-state index in [2.05, 4.69) is 42.4 Å².